The number of rotatable bonds is 2. The molecule has 1 rings (SSSR count). The van der Waals surface area contributed by atoms with Gasteiger partial charge in [-0.1, -0.05) is 0 Å². The Hall–Kier alpha value is -1.32. The number of aromatic nitrogens is 2. The van der Waals surface area contributed by atoms with Gasteiger partial charge in [-0.15, -0.1) is 0 Å². The van der Waals surface area contributed by atoms with Gasteiger partial charge in [-0.3, -0.25) is 4.79 Å². The molecule has 2 N–H and O–H groups in total. The zero-order valence-corrected chi connectivity index (χ0v) is 7.53. The molecule has 0 spiro atoms. The maximum absolute atomic E-state index is 10.8. The molecule has 1 aromatic heterocycles. The Morgan fingerprint density at radius 2 is 2.25 bits per heavy atom. The molecule has 0 saturated carbocycles. The van der Waals surface area contributed by atoms with Gasteiger partial charge in [0.1, 0.15) is 6.04 Å². The predicted octanol–water partition coefficient (Wildman–Crippen LogP) is 0.546. The highest BCUT2D eigenvalue weighted by atomic mass is 16.1. The van der Waals surface area contributed by atoms with Crippen molar-refractivity contribution in [3.63, 3.8) is 0 Å². The molecule has 1 amide bonds. The standard InChI is InChI=1S/C8H13N3O/c1-5-6(2)11(4-10-5)7(3)8(9)12/h4,7H,1-3H3,(H2,9,12). The fourth-order valence-corrected chi connectivity index (χ4v) is 1.04. The number of nitrogens with two attached hydrogens (primary N) is 1. The molecule has 12 heavy (non-hydrogen) atoms. The molecule has 0 aliphatic rings. The van der Waals surface area contributed by atoms with Gasteiger partial charge in [0, 0.05) is 5.69 Å². The Bertz CT molecular complexity index is 303. The molecule has 66 valence electrons. The van der Waals surface area contributed by atoms with Gasteiger partial charge in [0.15, 0.2) is 0 Å². The summed E-state index contributed by atoms with van der Waals surface area (Å²) in [5.41, 5.74) is 7.08. The molecule has 0 fully saturated rings. The summed E-state index contributed by atoms with van der Waals surface area (Å²) in [6, 6.07) is -0.314. The van der Waals surface area contributed by atoms with Crippen molar-refractivity contribution in [1.29, 1.82) is 0 Å². The van der Waals surface area contributed by atoms with Crippen LogP contribution in [0.5, 0.6) is 0 Å². The van der Waals surface area contributed by atoms with Crippen molar-refractivity contribution in [2.24, 2.45) is 5.73 Å². The second kappa shape index (κ2) is 2.97. The maximum Gasteiger partial charge on any atom is 0.240 e. The first-order valence-corrected chi connectivity index (χ1v) is 3.83. The number of aryl methyl sites for hydroxylation is 1. The number of hydrogen-bond donors (Lipinski definition) is 1. The van der Waals surface area contributed by atoms with E-state index >= 15 is 0 Å². The average Bonchev–Trinajstić information content (AvgIpc) is 2.32. The number of primary amides is 1. The summed E-state index contributed by atoms with van der Waals surface area (Å²) >= 11 is 0. The number of nitrogens with zero attached hydrogens (tertiary/aromatic N) is 2. The van der Waals surface area contributed by atoms with Gasteiger partial charge in [0.2, 0.25) is 5.91 Å². The number of hydrogen-bond acceptors (Lipinski definition) is 2. The monoisotopic (exact) mass is 167 g/mol. The van der Waals surface area contributed by atoms with E-state index in [1.165, 1.54) is 0 Å². The van der Waals surface area contributed by atoms with Crippen molar-refractivity contribution in [2.75, 3.05) is 0 Å². The lowest BCUT2D eigenvalue weighted by atomic mass is 10.3. The molecule has 4 heteroatoms. The largest absolute Gasteiger partial charge is 0.368 e. The van der Waals surface area contributed by atoms with Crippen molar-refractivity contribution < 1.29 is 4.79 Å². The van der Waals surface area contributed by atoms with E-state index in [9.17, 15) is 4.79 Å². The Morgan fingerprint density at radius 3 is 2.58 bits per heavy atom. The first-order chi connectivity index (χ1) is 5.54. The van der Waals surface area contributed by atoms with Gasteiger partial charge in [0.05, 0.1) is 12.0 Å². The van der Waals surface area contributed by atoms with Gasteiger partial charge < -0.3 is 10.3 Å². The zero-order chi connectivity index (χ0) is 9.30. The summed E-state index contributed by atoms with van der Waals surface area (Å²) in [7, 11) is 0. The quantitative estimate of drug-likeness (QED) is 0.699. The van der Waals surface area contributed by atoms with E-state index in [2.05, 4.69) is 4.98 Å². The molecular formula is C8H13N3O. The Kier molecular flexibility index (Phi) is 2.17. The molecule has 1 aromatic rings. The minimum absolute atomic E-state index is 0.314. The Balaban J connectivity index is 3.03. The van der Waals surface area contributed by atoms with Crippen LogP contribution in [0.15, 0.2) is 6.33 Å². The van der Waals surface area contributed by atoms with Crippen LogP contribution in [-0.2, 0) is 4.79 Å². The van der Waals surface area contributed by atoms with E-state index in [4.69, 9.17) is 5.73 Å². The van der Waals surface area contributed by atoms with Crippen LogP contribution < -0.4 is 5.73 Å². The fourth-order valence-electron chi connectivity index (χ4n) is 1.04. The van der Waals surface area contributed by atoms with Gasteiger partial charge >= 0.3 is 0 Å². The number of carbonyl (C=O) groups excluding carboxylic acids is 1. The van der Waals surface area contributed by atoms with Crippen LogP contribution in [0, 0.1) is 13.8 Å². The molecular weight excluding hydrogens is 154 g/mol. The molecule has 0 aliphatic carbocycles. The van der Waals surface area contributed by atoms with Crippen LogP contribution in [0.4, 0.5) is 0 Å². The number of imidazole rings is 1. The molecule has 1 heterocycles. The lowest BCUT2D eigenvalue weighted by molar-refractivity contribution is -0.120. The summed E-state index contributed by atoms with van der Waals surface area (Å²) in [5, 5.41) is 0. The van der Waals surface area contributed by atoms with Crippen LogP contribution >= 0.6 is 0 Å². The third-order valence-corrected chi connectivity index (χ3v) is 2.12. The van der Waals surface area contributed by atoms with Crippen molar-refractivity contribution >= 4 is 5.91 Å². The highest BCUT2D eigenvalue weighted by Gasteiger charge is 2.13. The first kappa shape index (κ1) is 8.77. The minimum Gasteiger partial charge on any atom is -0.368 e. The SMILES string of the molecule is Cc1ncn(C(C)C(N)=O)c1C. The van der Waals surface area contributed by atoms with Crippen LogP contribution in [-0.4, -0.2) is 15.5 Å². The lowest BCUT2D eigenvalue weighted by Crippen LogP contribution is -2.24. The third-order valence-electron chi connectivity index (χ3n) is 2.12. The summed E-state index contributed by atoms with van der Waals surface area (Å²) in [4.78, 5) is 14.9. The first-order valence-electron chi connectivity index (χ1n) is 3.83. The van der Waals surface area contributed by atoms with Gasteiger partial charge in [-0.25, -0.2) is 4.98 Å². The van der Waals surface area contributed by atoms with Crippen molar-refractivity contribution in [3.05, 3.63) is 17.7 Å². The second-order valence-electron chi connectivity index (χ2n) is 2.90. The van der Waals surface area contributed by atoms with Gasteiger partial charge in [-0.05, 0) is 20.8 Å². The highest BCUT2D eigenvalue weighted by molar-refractivity contribution is 5.78. The minimum atomic E-state index is -0.337. The van der Waals surface area contributed by atoms with E-state index < -0.39 is 0 Å². The highest BCUT2D eigenvalue weighted by Crippen LogP contribution is 2.11. The number of carbonyl (C=O) groups is 1. The normalized spacial score (nSPS) is 12.9. The molecule has 0 saturated heterocycles. The van der Waals surface area contributed by atoms with E-state index in [0.29, 0.717) is 0 Å². The third kappa shape index (κ3) is 1.32. The van der Waals surface area contributed by atoms with Gasteiger partial charge in [0.25, 0.3) is 0 Å². The summed E-state index contributed by atoms with van der Waals surface area (Å²) in [6.07, 6.45) is 1.64. The molecule has 0 radical (unpaired) electrons. The van der Waals surface area contributed by atoms with Crippen molar-refractivity contribution in [2.45, 2.75) is 26.8 Å². The molecule has 1 unspecified atom stereocenters. The van der Waals surface area contributed by atoms with Crippen molar-refractivity contribution in [1.82, 2.24) is 9.55 Å². The zero-order valence-electron chi connectivity index (χ0n) is 7.53. The van der Waals surface area contributed by atoms with Crippen LogP contribution in [0.2, 0.25) is 0 Å². The smallest absolute Gasteiger partial charge is 0.240 e. The summed E-state index contributed by atoms with van der Waals surface area (Å²) in [6.45, 7) is 5.58. The van der Waals surface area contributed by atoms with Crippen molar-refractivity contribution in [3.8, 4) is 0 Å². The van der Waals surface area contributed by atoms with Crippen LogP contribution in [0.3, 0.4) is 0 Å². The Labute approximate surface area is 71.4 Å². The van der Waals surface area contributed by atoms with E-state index in [1.807, 2.05) is 13.8 Å². The molecule has 0 bridgehead atoms. The summed E-state index contributed by atoms with van der Waals surface area (Å²) < 4.78 is 1.78. The Morgan fingerprint density at radius 1 is 1.67 bits per heavy atom. The molecule has 0 aromatic carbocycles. The van der Waals surface area contributed by atoms with E-state index in [-0.39, 0.29) is 11.9 Å². The van der Waals surface area contributed by atoms with E-state index in [0.717, 1.165) is 11.4 Å². The molecule has 0 aliphatic heterocycles. The van der Waals surface area contributed by atoms with Gasteiger partial charge in [-0.2, -0.15) is 0 Å². The predicted molar refractivity (Wildman–Crippen MR) is 45.6 cm³/mol. The second-order valence-corrected chi connectivity index (χ2v) is 2.90. The van der Waals surface area contributed by atoms with Crippen LogP contribution in [0.1, 0.15) is 24.4 Å². The topological polar surface area (TPSA) is 60.9 Å². The number of amides is 1. The lowest BCUT2D eigenvalue weighted by Gasteiger charge is -2.10. The maximum atomic E-state index is 10.8. The molecule has 4 nitrogen and oxygen atoms in total. The fraction of sp³-hybridized carbons (Fsp3) is 0.500. The summed E-state index contributed by atoms with van der Waals surface area (Å²) in [5.74, 6) is -0.337. The van der Waals surface area contributed by atoms with E-state index in [1.54, 1.807) is 17.8 Å². The average molecular weight is 167 g/mol. The molecule has 1 atom stereocenters. The van der Waals surface area contributed by atoms with Crippen LogP contribution in [0.25, 0.3) is 0 Å².